The van der Waals surface area contributed by atoms with Gasteiger partial charge in [-0.15, -0.1) is 11.3 Å². The van der Waals surface area contributed by atoms with Gasteiger partial charge in [-0.1, -0.05) is 5.16 Å². The summed E-state index contributed by atoms with van der Waals surface area (Å²) in [5.41, 5.74) is 0. The summed E-state index contributed by atoms with van der Waals surface area (Å²) >= 11 is 1.67. The van der Waals surface area contributed by atoms with E-state index in [4.69, 9.17) is 14.2 Å². The number of amides is 1. The summed E-state index contributed by atoms with van der Waals surface area (Å²) in [4.78, 5) is 22.0. The van der Waals surface area contributed by atoms with E-state index in [1.54, 1.807) is 18.4 Å². The Morgan fingerprint density at radius 3 is 2.85 bits per heavy atom. The Bertz CT molecular complexity index is 826. The zero-order valence-corrected chi connectivity index (χ0v) is 15.9. The minimum Gasteiger partial charge on any atom is -0.378 e. The van der Waals surface area contributed by atoms with Crippen LogP contribution in [0, 0.1) is 24.7 Å². The Balaban J connectivity index is 1.40. The molecule has 1 saturated heterocycles. The molecule has 2 bridgehead atoms. The molecule has 6 nitrogen and oxygen atoms in total. The molecule has 3 fully saturated rings. The number of aromatic nitrogens is 2. The molecule has 1 amide bonds. The molecule has 3 aliphatic rings. The fourth-order valence-corrected chi connectivity index (χ4v) is 5.80. The van der Waals surface area contributed by atoms with E-state index in [2.05, 4.69) is 18.1 Å². The maximum Gasteiger partial charge on any atom is 0.231 e. The second-order valence-corrected chi connectivity index (χ2v) is 9.14. The summed E-state index contributed by atoms with van der Waals surface area (Å²) in [6, 6.07) is 4.10. The van der Waals surface area contributed by atoms with Crippen LogP contribution in [0.15, 0.2) is 16.7 Å². The SMILES string of the molecule is COC1CN(C(=O)[C@H]2[C@H]3CC[C@H](C3)[C@@H]2c2nc(-c3ccc(C)s3)no2)C1. The van der Waals surface area contributed by atoms with Crippen LogP contribution in [0.1, 0.15) is 35.9 Å². The van der Waals surface area contributed by atoms with Gasteiger partial charge in [0.05, 0.1) is 22.8 Å². The average molecular weight is 373 g/mol. The van der Waals surface area contributed by atoms with Gasteiger partial charge in [0.25, 0.3) is 0 Å². The number of thiophene rings is 1. The highest BCUT2D eigenvalue weighted by Gasteiger charge is 2.55. The summed E-state index contributed by atoms with van der Waals surface area (Å²) in [7, 11) is 1.71. The molecular formula is C19H23N3O3S. The van der Waals surface area contributed by atoms with Gasteiger partial charge in [-0.3, -0.25) is 4.79 Å². The standard InChI is InChI=1S/C19H23N3O3S/c1-10-3-6-14(26-10)17-20-18(25-21-17)15-11-4-5-12(7-11)16(15)19(23)22-8-13(9-22)24-2/h3,6,11-13,15-16H,4-5,7-9H2,1-2H3/t11-,12+,15+,16+/m1/s1. The van der Waals surface area contributed by atoms with Gasteiger partial charge < -0.3 is 14.2 Å². The van der Waals surface area contributed by atoms with E-state index in [1.165, 1.54) is 4.88 Å². The number of rotatable bonds is 4. The number of nitrogens with zero attached hydrogens (tertiary/aromatic N) is 3. The van der Waals surface area contributed by atoms with E-state index in [9.17, 15) is 4.79 Å². The highest BCUT2D eigenvalue weighted by molar-refractivity contribution is 7.15. The molecule has 2 saturated carbocycles. The van der Waals surface area contributed by atoms with Crippen LogP contribution in [0.3, 0.4) is 0 Å². The van der Waals surface area contributed by atoms with Gasteiger partial charge >= 0.3 is 0 Å². The predicted octanol–water partition coefficient (Wildman–Crippen LogP) is 3.09. The summed E-state index contributed by atoms with van der Waals surface area (Å²) in [5.74, 6) is 2.57. The molecule has 0 radical (unpaired) electrons. The number of ether oxygens (including phenoxy) is 1. The molecule has 2 aliphatic carbocycles. The van der Waals surface area contributed by atoms with E-state index in [-0.39, 0.29) is 23.8 Å². The van der Waals surface area contributed by atoms with Crippen LogP contribution in [-0.4, -0.2) is 47.3 Å². The first-order valence-corrected chi connectivity index (χ1v) is 10.2. The van der Waals surface area contributed by atoms with Crippen LogP contribution in [0.25, 0.3) is 10.7 Å². The van der Waals surface area contributed by atoms with Crippen molar-refractivity contribution in [2.24, 2.45) is 17.8 Å². The summed E-state index contributed by atoms with van der Waals surface area (Å²) in [6.45, 7) is 3.49. The smallest absolute Gasteiger partial charge is 0.231 e. The van der Waals surface area contributed by atoms with Crippen molar-refractivity contribution >= 4 is 17.2 Å². The van der Waals surface area contributed by atoms with Crippen LogP contribution in [0.5, 0.6) is 0 Å². The van der Waals surface area contributed by atoms with Crippen molar-refractivity contribution in [3.8, 4) is 10.7 Å². The number of carbonyl (C=O) groups is 1. The first-order chi connectivity index (χ1) is 12.6. The van der Waals surface area contributed by atoms with Gasteiger partial charge in [0, 0.05) is 25.1 Å². The van der Waals surface area contributed by atoms with Gasteiger partial charge in [0.15, 0.2) is 0 Å². The summed E-state index contributed by atoms with van der Waals surface area (Å²) < 4.78 is 11.0. The number of aryl methyl sites for hydroxylation is 1. The molecule has 2 aromatic heterocycles. The van der Waals surface area contributed by atoms with Crippen LogP contribution in [0.2, 0.25) is 0 Å². The summed E-state index contributed by atoms with van der Waals surface area (Å²) in [6.07, 6.45) is 3.60. The second-order valence-electron chi connectivity index (χ2n) is 7.85. The molecule has 5 rings (SSSR count). The van der Waals surface area contributed by atoms with Crippen LogP contribution < -0.4 is 0 Å². The van der Waals surface area contributed by atoms with Gasteiger partial charge in [0.2, 0.25) is 17.6 Å². The molecule has 7 heteroatoms. The van der Waals surface area contributed by atoms with Gasteiger partial charge in [-0.2, -0.15) is 4.98 Å². The van der Waals surface area contributed by atoms with Gasteiger partial charge in [-0.25, -0.2) is 0 Å². The molecule has 0 unspecified atom stereocenters. The van der Waals surface area contributed by atoms with Crippen LogP contribution in [-0.2, 0) is 9.53 Å². The van der Waals surface area contributed by atoms with Gasteiger partial charge in [0.1, 0.15) is 0 Å². The lowest BCUT2D eigenvalue weighted by Crippen LogP contribution is -2.57. The molecule has 138 valence electrons. The van der Waals surface area contributed by atoms with E-state index >= 15 is 0 Å². The molecule has 0 spiro atoms. The zero-order chi connectivity index (χ0) is 17.8. The number of hydrogen-bond acceptors (Lipinski definition) is 6. The van der Waals surface area contributed by atoms with E-state index in [0.717, 1.165) is 24.1 Å². The lowest BCUT2D eigenvalue weighted by Gasteiger charge is -2.41. The lowest BCUT2D eigenvalue weighted by molar-refractivity contribution is -0.150. The Labute approximate surface area is 156 Å². The maximum atomic E-state index is 13.1. The number of likely N-dealkylation sites (tertiary alicyclic amines) is 1. The van der Waals surface area contributed by atoms with E-state index in [0.29, 0.717) is 36.6 Å². The van der Waals surface area contributed by atoms with Crippen molar-refractivity contribution in [1.29, 1.82) is 0 Å². The first-order valence-electron chi connectivity index (χ1n) is 9.36. The van der Waals surface area contributed by atoms with Crippen molar-refractivity contribution < 1.29 is 14.1 Å². The third-order valence-electron chi connectivity index (χ3n) is 6.38. The predicted molar refractivity (Wildman–Crippen MR) is 96.8 cm³/mol. The Kier molecular flexibility index (Phi) is 3.90. The number of methoxy groups -OCH3 is 1. The topological polar surface area (TPSA) is 68.5 Å². The fourth-order valence-electron chi connectivity index (χ4n) is 5.01. The third-order valence-corrected chi connectivity index (χ3v) is 7.38. The van der Waals surface area contributed by atoms with Crippen molar-refractivity contribution in [2.75, 3.05) is 20.2 Å². The Morgan fingerprint density at radius 1 is 1.31 bits per heavy atom. The monoisotopic (exact) mass is 373 g/mol. The molecule has 2 aromatic rings. The zero-order valence-electron chi connectivity index (χ0n) is 15.1. The lowest BCUT2D eigenvalue weighted by atomic mass is 9.78. The Hall–Kier alpha value is -1.73. The van der Waals surface area contributed by atoms with Crippen molar-refractivity contribution in [1.82, 2.24) is 15.0 Å². The van der Waals surface area contributed by atoms with Crippen molar-refractivity contribution in [3.05, 3.63) is 22.9 Å². The number of fused-ring (bicyclic) bond motifs is 2. The Morgan fingerprint density at radius 2 is 2.12 bits per heavy atom. The van der Waals surface area contributed by atoms with E-state index in [1.807, 2.05) is 11.0 Å². The van der Waals surface area contributed by atoms with E-state index < -0.39 is 0 Å². The molecule has 26 heavy (non-hydrogen) atoms. The van der Waals surface area contributed by atoms with Crippen molar-refractivity contribution in [2.45, 2.75) is 38.2 Å². The minimum absolute atomic E-state index is 0.00933. The molecule has 4 atom stereocenters. The quantitative estimate of drug-likeness (QED) is 0.824. The second kappa shape index (κ2) is 6.16. The minimum atomic E-state index is -0.00933. The van der Waals surface area contributed by atoms with Crippen LogP contribution >= 0.6 is 11.3 Å². The average Bonchev–Trinajstić information content (AvgIpc) is 3.36. The number of hydrogen-bond donors (Lipinski definition) is 0. The molecule has 0 aromatic carbocycles. The first kappa shape index (κ1) is 16.4. The molecule has 0 N–H and O–H groups in total. The molecule has 1 aliphatic heterocycles. The largest absolute Gasteiger partial charge is 0.378 e. The number of carbonyl (C=O) groups excluding carboxylic acids is 1. The normalized spacial score (nSPS) is 30.8. The highest BCUT2D eigenvalue weighted by Crippen LogP contribution is 2.57. The highest BCUT2D eigenvalue weighted by atomic mass is 32.1. The van der Waals surface area contributed by atoms with Gasteiger partial charge in [-0.05, 0) is 50.2 Å². The fraction of sp³-hybridized carbons (Fsp3) is 0.632. The van der Waals surface area contributed by atoms with Crippen molar-refractivity contribution in [3.63, 3.8) is 0 Å². The molecular weight excluding hydrogens is 350 g/mol. The third kappa shape index (κ3) is 2.52. The molecule has 3 heterocycles. The maximum absolute atomic E-state index is 13.1. The van der Waals surface area contributed by atoms with Crippen LogP contribution in [0.4, 0.5) is 0 Å². The summed E-state index contributed by atoms with van der Waals surface area (Å²) in [5, 5.41) is 4.21.